The van der Waals surface area contributed by atoms with Crippen LogP contribution < -0.4 is 5.32 Å². The molecule has 2 N–H and O–H groups in total. The number of hydrogen-bond acceptors (Lipinski definition) is 4. The summed E-state index contributed by atoms with van der Waals surface area (Å²) < 4.78 is 0. The normalized spacial score (nSPS) is 16.9. The summed E-state index contributed by atoms with van der Waals surface area (Å²) in [5.74, 6) is -0.593. The summed E-state index contributed by atoms with van der Waals surface area (Å²) >= 11 is 0. The number of piperidine rings is 1. The van der Waals surface area contributed by atoms with Crippen molar-refractivity contribution in [3.63, 3.8) is 0 Å². The molecule has 2 heterocycles. The first-order chi connectivity index (χ1) is 14.6. The summed E-state index contributed by atoms with van der Waals surface area (Å²) in [4.78, 5) is 29.9. The molecule has 1 aliphatic carbocycles. The lowest BCUT2D eigenvalue weighted by molar-refractivity contribution is -0.127. The summed E-state index contributed by atoms with van der Waals surface area (Å²) in [5, 5.41) is 12.4. The molecule has 1 saturated heterocycles. The fourth-order valence-corrected chi connectivity index (χ4v) is 3.12. The second-order valence-electron chi connectivity index (χ2n) is 6.08. The fraction of sp³-hybridized carbons (Fsp3) is 0.542. The summed E-state index contributed by atoms with van der Waals surface area (Å²) in [6.07, 6.45) is 11.1. The van der Waals surface area contributed by atoms with Gasteiger partial charge < -0.3 is 15.3 Å². The molecule has 3 rings (SSSR count). The predicted octanol–water partition coefficient (Wildman–Crippen LogP) is 5.54. The van der Waals surface area contributed by atoms with Gasteiger partial charge in [0.15, 0.2) is 0 Å². The Kier molecular flexibility index (Phi) is 14.8. The SMILES string of the molecule is CC.CC.CC.O=C(O)c1cccnc1N[C@@H]1CCCN(C(=O)C2=CCCC=C2)C1. The number of nitrogens with zero attached hydrogens (tertiary/aromatic N) is 2. The van der Waals surface area contributed by atoms with Gasteiger partial charge in [0.2, 0.25) is 0 Å². The van der Waals surface area contributed by atoms with Crippen LogP contribution in [0.15, 0.2) is 42.1 Å². The van der Waals surface area contributed by atoms with Crippen molar-refractivity contribution < 1.29 is 14.7 Å². The number of rotatable bonds is 4. The van der Waals surface area contributed by atoms with Gasteiger partial charge in [0.1, 0.15) is 11.4 Å². The van der Waals surface area contributed by atoms with E-state index in [4.69, 9.17) is 0 Å². The Morgan fingerprint density at radius 3 is 2.43 bits per heavy atom. The highest BCUT2D eigenvalue weighted by molar-refractivity contribution is 5.96. The summed E-state index contributed by atoms with van der Waals surface area (Å²) in [6.45, 7) is 13.3. The molecule has 1 aromatic rings. The van der Waals surface area contributed by atoms with Crippen LogP contribution >= 0.6 is 0 Å². The number of pyridine rings is 1. The average molecular weight is 418 g/mol. The number of carbonyl (C=O) groups excluding carboxylic acids is 1. The lowest BCUT2D eigenvalue weighted by Crippen LogP contribution is -2.45. The third-order valence-electron chi connectivity index (χ3n) is 4.33. The number of hydrogen-bond donors (Lipinski definition) is 2. The van der Waals surface area contributed by atoms with Crippen molar-refractivity contribution >= 4 is 17.7 Å². The van der Waals surface area contributed by atoms with Crippen LogP contribution in [-0.2, 0) is 4.79 Å². The van der Waals surface area contributed by atoms with E-state index in [0.29, 0.717) is 12.4 Å². The van der Waals surface area contributed by atoms with Gasteiger partial charge in [-0.2, -0.15) is 0 Å². The maximum atomic E-state index is 12.6. The number of carboxylic acid groups (broad SMARTS) is 1. The van der Waals surface area contributed by atoms with Crippen LogP contribution in [0.3, 0.4) is 0 Å². The number of aromatic carboxylic acids is 1. The molecular weight excluding hydrogens is 378 g/mol. The van der Waals surface area contributed by atoms with Crippen LogP contribution in [0.1, 0.15) is 77.6 Å². The fourth-order valence-electron chi connectivity index (χ4n) is 3.12. The summed E-state index contributed by atoms with van der Waals surface area (Å²) in [5.41, 5.74) is 0.907. The van der Waals surface area contributed by atoms with Crippen molar-refractivity contribution in [2.75, 3.05) is 18.4 Å². The van der Waals surface area contributed by atoms with Gasteiger partial charge in [0, 0.05) is 30.9 Å². The van der Waals surface area contributed by atoms with E-state index in [2.05, 4.69) is 10.3 Å². The first kappa shape index (κ1) is 27.4. The van der Waals surface area contributed by atoms with E-state index in [0.717, 1.165) is 37.8 Å². The highest BCUT2D eigenvalue weighted by atomic mass is 16.4. The van der Waals surface area contributed by atoms with Crippen molar-refractivity contribution in [3.05, 3.63) is 47.7 Å². The zero-order chi connectivity index (χ0) is 22.9. The Bertz CT molecular complexity index is 699. The molecule has 2 aliphatic rings. The van der Waals surface area contributed by atoms with E-state index in [1.54, 1.807) is 12.3 Å². The molecule has 0 spiro atoms. The minimum absolute atomic E-state index is 0.00358. The third-order valence-corrected chi connectivity index (χ3v) is 4.33. The highest BCUT2D eigenvalue weighted by Gasteiger charge is 2.26. The Morgan fingerprint density at radius 1 is 1.13 bits per heavy atom. The van der Waals surface area contributed by atoms with Gasteiger partial charge in [0.25, 0.3) is 5.91 Å². The highest BCUT2D eigenvalue weighted by Crippen LogP contribution is 2.20. The van der Waals surface area contributed by atoms with E-state index in [9.17, 15) is 14.7 Å². The monoisotopic (exact) mass is 417 g/mol. The number of amides is 1. The number of likely N-dealkylation sites (tertiary alicyclic amines) is 1. The number of allylic oxidation sites excluding steroid dienone is 2. The zero-order valence-corrected chi connectivity index (χ0v) is 19.4. The summed E-state index contributed by atoms with van der Waals surface area (Å²) in [6, 6.07) is 3.14. The van der Waals surface area contributed by atoms with Crippen LogP contribution in [0.4, 0.5) is 5.82 Å². The molecule has 0 bridgehead atoms. The molecule has 6 heteroatoms. The van der Waals surface area contributed by atoms with Gasteiger partial charge in [-0.05, 0) is 37.8 Å². The van der Waals surface area contributed by atoms with Crippen molar-refractivity contribution in [2.24, 2.45) is 0 Å². The molecule has 1 amide bonds. The van der Waals surface area contributed by atoms with E-state index in [-0.39, 0.29) is 17.5 Å². The van der Waals surface area contributed by atoms with E-state index in [1.807, 2.05) is 64.7 Å². The minimum atomic E-state index is -1.01. The Balaban J connectivity index is 0.00000129. The minimum Gasteiger partial charge on any atom is -0.478 e. The first-order valence-electron chi connectivity index (χ1n) is 11.3. The molecule has 0 unspecified atom stereocenters. The van der Waals surface area contributed by atoms with Crippen LogP contribution in [0, 0.1) is 0 Å². The molecule has 6 nitrogen and oxygen atoms in total. The molecule has 1 aromatic heterocycles. The number of anilines is 1. The van der Waals surface area contributed by atoms with Gasteiger partial charge in [-0.3, -0.25) is 4.79 Å². The van der Waals surface area contributed by atoms with Crippen LogP contribution in [-0.4, -0.2) is 46.0 Å². The lowest BCUT2D eigenvalue weighted by Gasteiger charge is -2.34. The van der Waals surface area contributed by atoms with Gasteiger partial charge in [-0.1, -0.05) is 59.8 Å². The summed E-state index contributed by atoms with van der Waals surface area (Å²) in [7, 11) is 0. The molecule has 1 aliphatic heterocycles. The van der Waals surface area contributed by atoms with Crippen molar-refractivity contribution in [2.45, 2.75) is 73.3 Å². The molecule has 1 fully saturated rings. The van der Waals surface area contributed by atoms with E-state index < -0.39 is 5.97 Å². The number of nitrogens with one attached hydrogen (secondary N) is 1. The molecule has 0 saturated carbocycles. The second-order valence-corrected chi connectivity index (χ2v) is 6.08. The van der Waals surface area contributed by atoms with Gasteiger partial charge in [-0.15, -0.1) is 0 Å². The largest absolute Gasteiger partial charge is 0.478 e. The topological polar surface area (TPSA) is 82.5 Å². The smallest absolute Gasteiger partial charge is 0.339 e. The molecule has 0 radical (unpaired) electrons. The molecule has 1 atom stereocenters. The van der Waals surface area contributed by atoms with Crippen molar-refractivity contribution in [1.29, 1.82) is 0 Å². The van der Waals surface area contributed by atoms with Crippen LogP contribution in [0.2, 0.25) is 0 Å². The number of carboxylic acids is 1. The quantitative estimate of drug-likeness (QED) is 0.672. The predicted molar refractivity (Wildman–Crippen MR) is 125 cm³/mol. The maximum absolute atomic E-state index is 12.6. The Hall–Kier alpha value is -2.63. The number of aromatic nitrogens is 1. The molecular formula is C24H39N3O3. The van der Waals surface area contributed by atoms with Crippen LogP contribution in [0.5, 0.6) is 0 Å². The van der Waals surface area contributed by atoms with Gasteiger partial charge in [-0.25, -0.2) is 9.78 Å². The molecule has 168 valence electrons. The second kappa shape index (κ2) is 16.2. The van der Waals surface area contributed by atoms with E-state index >= 15 is 0 Å². The molecule has 30 heavy (non-hydrogen) atoms. The van der Waals surface area contributed by atoms with E-state index in [1.165, 1.54) is 6.07 Å². The Labute approximate surface area is 182 Å². The van der Waals surface area contributed by atoms with Gasteiger partial charge >= 0.3 is 5.97 Å². The molecule has 0 aromatic carbocycles. The number of carbonyl (C=O) groups is 2. The maximum Gasteiger partial charge on any atom is 0.339 e. The Morgan fingerprint density at radius 2 is 1.83 bits per heavy atom. The van der Waals surface area contributed by atoms with Crippen LogP contribution in [0.25, 0.3) is 0 Å². The van der Waals surface area contributed by atoms with Gasteiger partial charge in [0.05, 0.1) is 0 Å². The standard InChI is InChI=1S/C18H21N3O3.3C2H6/c22-17(13-6-2-1-3-7-13)21-11-5-8-14(12-21)20-16-15(18(23)24)9-4-10-19-16;3*1-2/h2,4,6-7,9-10,14H,1,3,5,8,11-12H2,(H,19,20)(H,23,24);3*1-2H3/t14-;;;/m1.../s1. The average Bonchev–Trinajstić information content (AvgIpc) is 2.83. The lowest BCUT2D eigenvalue weighted by atomic mass is 10.0. The zero-order valence-electron chi connectivity index (χ0n) is 19.4. The third kappa shape index (κ3) is 8.39. The van der Waals surface area contributed by atoms with Crippen molar-refractivity contribution in [1.82, 2.24) is 9.88 Å². The van der Waals surface area contributed by atoms with Crippen molar-refractivity contribution in [3.8, 4) is 0 Å². The first-order valence-corrected chi connectivity index (χ1v) is 11.3.